The second-order valence-corrected chi connectivity index (χ2v) is 5.61. The van der Waals surface area contributed by atoms with E-state index in [0.29, 0.717) is 12.8 Å². The van der Waals surface area contributed by atoms with Crippen molar-refractivity contribution in [3.63, 3.8) is 0 Å². The van der Waals surface area contributed by atoms with Crippen LogP contribution in [0.4, 0.5) is 0 Å². The van der Waals surface area contributed by atoms with E-state index >= 15 is 0 Å². The average molecular weight is 254 g/mol. The lowest BCUT2D eigenvalue weighted by atomic mass is 9.74. The lowest BCUT2D eigenvalue weighted by Gasteiger charge is -2.33. The molecule has 2 aliphatic carbocycles. The maximum absolute atomic E-state index is 12.2. The van der Waals surface area contributed by atoms with Crippen LogP contribution in [-0.4, -0.2) is 23.1 Å². The molecule has 0 aromatic rings. The molecule has 2 rings (SSSR count). The van der Waals surface area contributed by atoms with Crippen molar-refractivity contribution in [1.29, 1.82) is 0 Å². The Hall–Kier alpha value is -1.06. The van der Waals surface area contributed by atoms with Crippen molar-refractivity contribution in [2.75, 3.05) is 0 Å². The first-order valence-corrected chi connectivity index (χ1v) is 7.10. The first-order chi connectivity index (χ1) is 8.65. The summed E-state index contributed by atoms with van der Waals surface area (Å²) in [4.78, 5) is 23.7. The van der Waals surface area contributed by atoms with E-state index in [0.717, 1.165) is 44.9 Å². The summed E-state index contributed by atoms with van der Waals surface area (Å²) in [7, 11) is 0. The van der Waals surface area contributed by atoms with E-state index in [2.05, 4.69) is 0 Å². The van der Waals surface area contributed by atoms with Gasteiger partial charge in [0.15, 0.2) is 5.41 Å². The monoisotopic (exact) mass is 254 g/mol. The van der Waals surface area contributed by atoms with Crippen LogP contribution in [0.2, 0.25) is 0 Å². The van der Waals surface area contributed by atoms with Gasteiger partial charge in [0, 0.05) is 0 Å². The fraction of sp³-hybridized carbons (Fsp3) is 0.857. The van der Waals surface area contributed by atoms with Crippen molar-refractivity contribution in [1.82, 2.24) is 0 Å². The zero-order valence-electron chi connectivity index (χ0n) is 10.8. The first kappa shape index (κ1) is 13.4. The molecule has 0 amide bonds. The van der Waals surface area contributed by atoms with Gasteiger partial charge in [-0.05, 0) is 38.5 Å². The van der Waals surface area contributed by atoms with Gasteiger partial charge in [0.05, 0.1) is 0 Å². The third-order valence-electron chi connectivity index (χ3n) is 4.33. The number of hydrogen-bond donors (Lipinski definition) is 1. The average Bonchev–Trinajstić information content (AvgIpc) is 2.40. The Morgan fingerprint density at radius 3 is 2.06 bits per heavy atom. The maximum Gasteiger partial charge on any atom is 0.323 e. The molecule has 2 saturated carbocycles. The molecule has 0 unspecified atom stereocenters. The summed E-state index contributed by atoms with van der Waals surface area (Å²) >= 11 is 0. The Labute approximate surface area is 108 Å². The molecule has 1 N–H and O–H groups in total. The number of rotatable bonds is 3. The van der Waals surface area contributed by atoms with E-state index in [1.165, 1.54) is 6.42 Å². The van der Waals surface area contributed by atoms with Crippen LogP contribution in [0.5, 0.6) is 0 Å². The highest BCUT2D eigenvalue weighted by molar-refractivity contribution is 5.99. The summed E-state index contributed by atoms with van der Waals surface area (Å²) in [5.74, 6) is -1.48. The highest BCUT2D eigenvalue weighted by Crippen LogP contribution is 2.38. The number of carboxylic acids is 1. The summed E-state index contributed by atoms with van der Waals surface area (Å²) in [5.41, 5.74) is -1.25. The van der Waals surface area contributed by atoms with E-state index in [1.807, 2.05) is 0 Å². The zero-order valence-corrected chi connectivity index (χ0v) is 10.8. The molecule has 2 fully saturated rings. The predicted octanol–water partition coefficient (Wildman–Crippen LogP) is 2.90. The molecule has 4 nitrogen and oxygen atoms in total. The molecule has 0 spiro atoms. The molecule has 2 aliphatic rings. The van der Waals surface area contributed by atoms with Crippen molar-refractivity contribution >= 4 is 11.9 Å². The van der Waals surface area contributed by atoms with Gasteiger partial charge in [0.25, 0.3) is 0 Å². The van der Waals surface area contributed by atoms with Crippen LogP contribution in [0, 0.1) is 5.41 Å². The number of carboxylic acid groups (broad SMARTS) is 1. The van der Waals surface area contributed by atoms with Crippen LogP contribution in [0.15, 0.2) is 0 Å². The molecule has 0 radical (unpaired) electrons. The van der Waals surface area contributed by atoms with Gasteiger partial charge >= 0.3 is 11.9 Å². The number of carbonyl (C=O) groups excluding carboxylic acids is 1. The van der Waals surface area contributed by atoms with Crippen molar-refractivity contribution < 1.29 is 19.4 Å². The quantitative estimate of drug-likeness (QED) is 0.621. The summed E-state index contributed by atoms with van der Waals surface area (Å²) < 4.78 is 5.48. The third kappa shape index (κ3) is 2.68. The van der Waals surface area contributed by atoms with E-state index in [-0.39, 0.29) is 6.10 Å². The summed E-state index contributed by atoms with van der Waals surface area (Å²) in [6, 6.07) is 0. The summed E-state index contributed by atoms with van der Waals surface area (Å²) in [6.45, 7) is 0. The van der Waals surface area contributed by atoms with Gasteiger partial charge < -0.3 is 9.84 Å². The minimum absolute atomic E-state index is 0.0515. The molecule has 0 bridgehead atoms. The van der Waals surface area contributed by atoms with Gasteiger partial charge in [-0.2, -0.15) is 0 Å². The lowest BCUT2D eigenvalue weighted by Crippen LogP contribution is -2.43. The minimum atomic E-state index is -1.25. The number of hydrogen-bond acceptors (Lipinski definition) is 3. The lowest BCUT2D eigenvalue weighted by molar-refractivity contribution is -0.176. The van der Waals surface area contributed by atoms with Gasteiger partial charge in [-0.3, -0.25) is 9.59 Å². The van der Waals surface area contributed by atoms with Gasteiger partial charge in [0.1, 0.15) is 6.10 Å². The Morgan fingerprint density at radius 2 is 1.50 bits per heavy atom. The van der Waals surface area contributed by atoms with Crippen LogP contribution < -0.4 is 0 Å². The Bertz CT molecular complexity index is 312. The first-order valence-electron chi connectivity index (χ1n) is 7.10. The van der Waals surface area contributed by atoms with Crippen molar-refractivity contribution in [2.45, 2.75) is 70.3 Å². The smallest absolute Gasteiger partial charge is 0.323 e. The largest absolute Gasteiger partial charge is 0.480 e. The molecule has 0 atom stereocenters. The molecule has 0 aromatic carbocycles. The third-order valence-corrected chi connectivity index (χ3v) is 4.33. The van der Waals surface area contributed by atoms with E-state index in [1.54, 1.807) is 0 Å². The normalized spacial score (nSPS) is 24.4. The topological polar surface area (TPSA) is 63.6 Å². The zero-order chi connectivity index (χ0) is 13.0. The molecular formula is C14H22O4. The molecule has 0 saturated heterocycles. The van der Waals surface area contributed by atoms with Gasteiger partial charge in [-0.1, -0.05) is 25.7 Å². The van der Waals surface area contributed by atoms with Crippen molar-refractivity contribution in [3.8, 4) is 0 Å². The Morgan fingerprint density at radius 1 is 0.944 bits per heavy atom. The molecule has 0 aliphatic heterocycles. The van der Waals surface area contributed by atoms with E-state index in [9.17, 15) is 14.7 Å². The SMILES string of the molecule is O=C(O)C1(C(=O)OC2CCCCC2)CCCCC1. The highest BCUT2D eigenvalue weighted by Gasteiger charge is 2.48. The molecule has 102 valence electrons. The van der Waals surface area contributed by atoms with E-state index in [4.69, 9.17) is 4.74 Å². The summed E-state index contributed by atoms with van der Waals surface area (Å²) in [5, 5.41) is 9.39. The Kier molecular flexibility index (Phi) is 4.25. The van der Waals surface area contributed by atoms with Crippen LogP contribution >= 0.6 is 0 Å². The number of esters is 1. The second-order valence-electron chi connectivity index (χ2n) is 5.61. The van der Waals surface area contributed by atoms with Crippen LogP contribution in [0.25, 0.3) is 0 Å². The van der Waals surface area contributed by atoms with E-state index < -0.39 is 17.4 Å². The fourth-order valence-electron chi connectivity index (χ4n) is 3.11. The molecular weight excluding hydrogens is 232 g/mol. The van der Waals surface area contributed by atoms with Gasteiger partial charge in [-0.15, -0.1) is 0 Å². The second kappa shape index (κ2) is 5.72. The number of ether oxygens (including phenoxy) is 1. The van der Waals surface area contributed by atoms with Crippen LogP contribution in [-0.2, 0) is 14.3 Å². The predicted molar refractivity (Wildman–Crippen MR) is 66.1 cm³/mol. The number of aliphatic carboxylic acids is 1. The molecule has 0 aromatic heterocycles. The van der Waals surface area contributed by atoms with Gasteiger partial charge in [-0.25, -0.2) is 0 Å². The maximum atomic E-state index is 12.2. The highest BCUT2D eigenvalue weighted by atomic mass is 16.5. The van der Waals surface area contributed by atoms with Gasteiger partial charge in [0.2, 0.25) is 0 Å². The molecule has 4 heteroatoms. The van der Waals surface area contributed by atoms with Crippen LogP contribution in [0.3, 0.4) is 0 Å². The molecule has 0 heterocycles. The summed E-state index contributed by atoms with van der Waals surface area (Å²) in [6.07, 6.45) is 8.60. The standard InChI is InChI=1S/C14H22O4/c15-12(16)14(9-5-2-6-10-14)13(17)18-11-7-3-1-4-8-11/h11H,1-10H2,(H,15,16). The van der Waals surface area contributed by atoms with Crippen molar-refractivity contribution in [2.24, 2.45) is 5.41 Å². The molecule has 18 heavy (non-hydrogen) atoms. The van der Waals surface area contributed by atoms with Crippen LogP contribution in [0.1, 0.15) is 64.2 Å². The van der Waals surface area contributed by atoms with Crippen molar-refractivity contribution in [3.05, 3.63) is 0 Å². The number of carbonyl (C=O) groups is 2. The minimum Gasteiger partial charge on any atom is -0.480 e. The Balaban J connectivity index is 2.01. The fourth-order valence-corrected chi connectivity index (χ4v) is 3.11.